The minimum absolute atomic E-state index is 0.194. The number of rotatable bonds is 5. The predicted molar refractivity (Wildman–Crippen MR) is 106 cm³/mol. The molecule has 1 saturated heterocycles. The van der Waals surface area contributed by atoms with E-state index in [0.717, 1.165) is 48.8 Å². The summed E-state index contributed by atoms with van der Waals surface area (Å²) in [5.41, 5.74) is 2.41. The molecule has 1 aliphatic rings. The van der Waals surface area contributed by atoms with Crippen LogP contribution in [0.2, 0.25) is 0 Å². The largest absolute Gasteiger partial charge is 0.474 e. The number of aromatic amines is 1. The van der Waals surface area contributed by atoms with E-state index in [2.05, 4.69) is 15.2 Å². The summed E-state index contributed by atoms with van der Waals surface area (Å²) in [7, 11) is 0. The molecule has 0 bridgehead atoms. The molecule has 0 saturated carbocycles. The third-order valence-electron chi connectivity index (χ3n) is 4.56. The van der Waals surface area contributed by atoms with Gasteiger partial charge in [-0.25, -0.2) is 4.98 Å². The molecule has 138 valence electrons. The van der Waals surface area contributed by atoms with Gasteiger partial charge in [0.25, 0.3) is 5.56 Å². The minimum Gasteiger partial charge on any atom is -0.474 e. The molecular formula is C21H22N4O2. The van der Waals surface area contributed by atoms with Crippen LogP contribution in [0.3, 0.4) is 0 Å². The first-order valence-corrected chi connectivity index (χ1v) is 9.13. The first-order valence-electron chi connectivity index (χ1n) is 9.13. The molecule has 6 nitrogen and oxygen atoms in total. The van der Waals surface area contributed by atoms with Gasteiger partial charge in [0.2, 0.25) is 5.88 Å². The fourth-order valence-electron chi connectivity index (χ4n) is 3.14. The second kappa shape index (κ2) is 8.05. The molecule has 0 aliphatic carbocycles. The maximum absolute atomic E-state index is 11.8. The smallest absolute Gasteiger partial charge is 0.250 e. The van der Waals surface area contributed by atoms with E-state index in [-0.39, 0.29) is 5.56 Å². The number of piperazine rings is 1. The second-order valence-corrected chi connectivity index (χ2v) is 6.46. The fraction of sp³-hybridized carbons (Fsp3) is 0.238. The average Bonchev–Trinajstić information content (AvgIpc) is 2.74. The SMILES string of the molecule is O=c1ccc(-c2cccc(N3CCNCC3)n2)c(OCc2ccccc2)[nH]1. The number of nitrogens with one attached hydrogen (secondary N) is 2. The van der Waals surface area contributed by atoms with Crippen LogP contribution >= 0.6 is 0 Å². The van der Waals surface area contributed by atoms with Gasteiger partial charge in [0.1, 0.15) is 12.4 Å². The topological polar surface area (TPSA) is 70.2 Å². The summed E-state index contributed by atoms with van der Waals surface area (Å²) >= 11 is 0. The summed E-state index contributed by atoms with van der Waals surface area (Å²) in [6.07, 6.45) is 0. The van der Waals surface area contributed by atoms with Crippen LogP contribution in [0.15, 0.2) is 65.5 Å². The maximum Gasteiger partial charge on any atom is 0.250 e. The van der Waals surface area contributed by atoms with Crippen molar-refractivity contribution in [1.82, 2.24) is 15.3 Å². The van der Waals surface area contributed by atoms with Crippen LogP contribution in [0.5, 0.6) is 5.88 Å². The molecule has 0 amide bonds. The zero-order valence-electron chi connectivity index (χ0n) is 15.0. The number of hydrogen-bond acceptors (Lipinski definition) is 5. The molecule has 0 radical (unpaired) electrons. The molecular weight excluding hydrogens is 340 g/mol. The van der Waals surface area contributed by atoms with Crippen molar-refractivity contribution >= 4 is 5.82 Å². The Kier molecular flexibility index (Phi) is 5.16. The zero-order valence-corrected chi connectivity index (χ0v) is 15.0. The van der Waals surface area contributed by atoms with Gasteiger partial charge >= 0.3 is 0 Å². The number of nitrogens with zero attached hydrogens (tertiary/aromatic N) is 2. The molecule has 6 heteroatoms. The van der Waals surface area contributed by atoms with Crippen LogP contribution in [0.4, 0.5) is 5.82 Å². The number of pyridine rings is 2. The number of benzene rings is 1. The van der Waals surface area contributed by atoms with Crippen molar-refractivity contribution < 1.29 is 4.74 Å². The maximum atomic E-state index is 11.8. The van der Waals surface area contributed by atoms with E-state index in [1.165, 1.54) is 6.07 Å². The van der Waals surface area contributed by atoms with Crippen molar-refractivity contribution in [2.75, 3.05) is 31.1 Å². The van der Waals surface area contributed by atoms with Gasteiger partial charge in [-0.3, -0.25) is 9.78 Å². The van der Waals surface area contributed by atoms with Crippen molar-refractivity contribution in [3.05, 3.63) is 76.6 Å². The Labute approximate surface area is 157 Å². The van der Waals surface area contributed by atoms with Crippen molar-refractivity contribution in [1.29, 1.82) is 0 Å². The zero-order chi connectivity index (χ0) is 18.5. The lowest BCUT2D eigenvalue weighted by Crippen LogP contribution is -2.43. The van der Waals surface area contributed by atoms with Gasteiger partial charge in [-0.05, 0) is 23.8 Å². The highest BCUT2D eigenvalue weighted by Crippen LogP contribution is 2.27. The van der Waals surface area contributed by atoms with Crippen LogP contribution < -0.4 is 20.5 Å². The van der Waals surface area contributed by atoms with Crippen LogP contribution in [-0.2, 0) is 6.61 Å². The standard InChI is InChI=1S/C21H22N4O2/c26-20-10-9-17(21(24-20)27-15-16-5-2-1-3-6-16)18-7-4-8-19(23-18)25-13-11-22-12-14-25/h1-10,22H,11-15H2,(H,24,26). The van der Waals surface area contributed by atoms with Crippen LogP contribution in [0.25, 0.3) is 11.3 Å². The number of aromatic nitrogens is 2. The minimum atomic E-state index is -0.194. The Morgan fingerprint density at radius 1 is 0.963 bits per heavy atom. The highest BCUT2D eigenvalue weighted by molar-refractivity contribution is 5.66. The van der Waals surface area contributed by atoms with Crippen molar-refractivity contribution in [3.63, 3.8) is 0 Å². The van der Waals surface area contributed by atoms with Crippen LogP contribution in [0.1, 0.15) is 5.56 Å². The molecule has 0 unspecified atom stereocenters. The summed E-state index contributed by atoms with van der Waals surface area (Å²) < 4.78 is 5.92. The van der Waals surface area contributed by atoms with Crippen molar-refractivity contribution in [3.8, 4) is 17.1 Å². The molecule has 3 heterocycles. The van der Waals surface area contributed by atoms with Gasteiger partial charge in [0, 0.05) is 32.2 Å². The number of anilines is 1. The van der Waals surface area contributed by atoms with Crippen LogP contribution in [0, 0.1) is 0 Å². The first-order chi connectivity index (χ1) is 13.3. The molecule has 0 atom stereocenters. The van der Waals surface area contributed by atoms with E-state index in [9.17, 15) is 4.79 Å². The molecule has 1 aliphatic heterocycles. The summed E-state index contributed by atoms with van der Waals surface area (Å²) in [5.74, 6) is 1.38. The Hall–Kier alpha value is -3.12. The summed E-state index contributed by atoms with van der Waals surface area (Å²) in [6.45, 7) is 4.15. The fourth-order valence-corrected chi connectivity index (χ4v) is 3.14. The van der Waals surface area contributed by atoms with Gasteiger partial charge in [-0.1, -0.05) is 36.4 Å². The Bertz CT molecular complexity index is 950. The van der Waals surface area contributed by atoms with E-state index < -0.39 is 0 Å². The normalized spacial score (nSPS) is 14.1. The summed E-state index contributed by atoms with van der Waals surface area (Å²) in [4.78, 5) is 21.7. The van der Waals surface area contributed by atoms with Gasteiger partial charge < -0.3 is 15.0 Å². The highest BCUT2D eigenvalue weighted by atomic mass is 16.5. The molecule has 4 rings (SSSR count). The van der Waals surface area contributed by atoms with E-state index in [0.29, 0.717) is 12.5 Å². The van der Waals surface area contributed by atoms with Crippen molar-refractivity contribution in [2.24, 2.45) is 0 Å². The predicted octanol–water partition coefficient (Wildman–Crippen LogP) is 2.43. The first kappa shape index (κ1) is 17.3. The van der Waals surface area contributed by atoms with Gasteiger partial charge in [0.15, 0.2) is 0 Å². The molecule has 2 N–H and O–H groups in total. The van der Waals surface area contributed by atoms with Crippen molar-refractivity contribution in [2.45, 2.75) is 6.61 Å². The molecule has 0 spiro atoms. The third kappa shape index (κ3) is 4.17. The van der Waals surface area contributed by atoms with Crippen LogP contribution in [-0.4, -0.2) is 36.1 Å². The molecule has 27 heavy (non-hydrogen) atoms. The third-order valence-corrected chi connectivity index (χ3v) is 4.56. The Morgan fingerprint density at radius 3 is 2.59 bits per heavy atom. The lowest BCUT2D eigenvalue weighted by Gasteiger charge is -2.28. The molecule has 1 aromatic carbocycles. The lowest BCUT2D eigenvalue weighted by molar-refractivity contribution is 0.294. The van der Waals surface area contributed by atoms with Gasteiger partial charge in [-0.15, -0.1) is 0 Å². The quantitative estimate of drug-likeness (QED) is 0.729. The summed E-state index contributed by atoms with van der Waals surface area (Å²) in [6, 6.07) is 19.1. The monoisotopic (exact) mass is 362 g/mol. The average molecular weight is 362 g/mol. The van der Waals surface area contributed by atoms with E-state index >= 15 is 0 Å². The number of ether oxygens (including phenoxy) is 1. The second-order valence-electron chi connectivity index (χ2n) is 6.46. The molecule has 3 aromatic rings. The van der Waals surface area contributed by atoms with E-state index in [1.807, 2.05) is 48.5 Å². The van der Waals surface area contributed by atoms with Gasteiger partial charge in [0.05, 0.1) is 11.3 Å². The van der Waals surface area contributed by atoms with E-state index in [1.54, 1.807) is 6.07 Å². The molecule has 1 fully saturated rings. The molecule has 2 aromatic heterocycles. The Morgan fingerprint density at radius 2 is 1.78 bits per heavy atom. The number of hydrogen-bond donors (Lipinski definition) is 2. The lowest BCUT2D eigenvalue weighted by atomic mass is 10.1. The van der Waals surface area contributed by atoms with E-state index in [4.69, 9.17) is 9.72 Å². The summed E-state index contributed by atoms with van der Waals surface area (Å²) in [5, 5.41) is 3.35. The number of H-pyrrole nitrogens is 1. The highest BCUT2D eigenvalue weighted by Gasteiger charge is 2.14. The van der Waals surface area contributed by atoms with Gasteiger partial charge in [-0.2, -0.15) is 0 Å². The Balaban J connectivity index is 1.62.